The summed E-state index contributed by atoms with van der Waals surface area (Å²) in [5.41, 5.74) is 1.22. The SMILES string of the molecule is Cn1cccc1C(CNC(=O)c1ccc(Br)o1)N1CCCC1. The molecule has 0 aliphatic carbocycles. The smallest absolute Gasteiger partial charge is 0.287 e. The van der Waals surface area contributed by atoms with Crippen LogP contribution in [-0.2, 0) is 7.05 Å². The molecule has 1 atom stereocenters. The molecule has 0 saturated carbocycles. The Hall–Kier alpha value is -1.53. The standard InChI is InChI=1S/C16H20BrN3O2/c1-19-8-4-5-12(19)13(20-9-2-3-10-20)11-18-16(21)14-6-7-15(17)22-14/h4-8,13H,2-3,9-11H2,1H3,(H,18,21). The lowest BCUT2D eigenvalue weighted by Gasteiger charge is -2.28. The van der Waals surface area contributed by atoms with E-state index >= 15 is 0 Å². The zero-order valence-electron chi connectivity index (χ0n) is 12.6. The summed E-state index contributed by atoms with van der Waals surface area (Å²) in [4.78, 5) is 14.6. The number of furan rings is 1. The molecule has 0 radical (unpaired) electrons. The molecule has 6 heteroatoms. The Labute approximate surface area is 138 Å². The molecule has 118 valence electrons. The van der Waals surface area contributed by atoms with Gasteiger partial charge in [-0.05, 0) is 66.1 Å². The normalized spacial score (nSPS) is 16.8. The van der Waals surface area contributed by atoms with Crippen LogP contribution in [0.1, 0.15) is 35.1 Å². The summed E-state index contributed by atoms with van der Waals surface area (Å²) in [6.07, 6.45) is 4.49. The summed E-state index contributed by atoms with van der Waals surface area (Å²) in [6, 6.07) is 7.77. The predicted octanol–water partition coefficient (Wildman–Crippen LogP) is 2.95. The fraction of sp³-hybridized carbons (Fsp3) is 0.438. The molecule has 1 saturated heterocycles. The molecular weight excluding hydrogens is 346 g/mol. The first-order chi connectivity index (χ1) is 10.6. The number of aryl methyl sites for hydroxylation is 1. The Balaban J connectivity index is 1.70. The largest absolute Gasteiger partial charge is 0.444 e. The van der Waals surface area contributed by atoms with E-state index in [1.165, 1.54) is 18.5 Å². The van der Waals surface area contributed by atoms with E-state index in [0.29, 0.717) is 17.0 Å². The molecule has 1 fully saturated rings. The minimum Gasteiger partial charge on any atom is -0.444 e. The van der Waals surface area contributed by atoms with Crippen molar-refractivity contribution in [2.24, 2.45) is 7.05 Å². The van der Waals surface area contributed by atoms with Crippen molar-refractivity contribution in [1.82, 2.24) is 14.8 Å². The van der Waals surface area contributed by atoms with Gasteiger partial charge in [0.2, 0.25) is 0 Å². The van der Waals surface area contributed by atoms with Crippen molar-refractivity contribution in [3.63, 3.8) is 0 Å². The van der Waals surface area contributed by atoms with Crippen molar-refractivity contribution in [1.29, 1.82) is 0 Å². The molecule has 5 nitrogen and oxygen atoms in total. The summed E-state index contributed by atoms with van der Waals surface area (Å²) >= 11 is 3.22. The van der Waals surface area contributed by atoms with Crippen LogP contribution in [0.15, 0.2) is 39.5 Å². The van der Waals surface area contributed by atoms with Crippen LogP contribution < -0.4 is 5.32 Å². The fourth-order valence-corrected chi connectivity index (χ4v) is 3.31. The molecule has 1 unspecified atom stereocenters. The van der Waals surface area contributed by atoms with Crippen LogP contribution in [-0.4, -0.2) is 35.0 Å². The van der Waals surface area contributed by atoms with Crippen LogP contribution in [0.4, 0.5) is 0 Å². The Morgan fingerprint density at radius 1 is 1.36 bits per heavy atom. The van der Waals surface area contributed by atoms with Crippen LogP contribution in [0.2, 0.25) is 0 Å². The van der Waals surface area contributed by atoms with E-state index < -0.39 is 0 Å². The molecule has 2 aromatic rings. The van der Waals surface area contributed by atoms with Gasteiger partial charge < -0.3 is 14.3 Å². The summed E-state index contributed by atoms with van der Waals surface area (Å²) in [5.74, 6) is 0.156. The summed E-state index contributed by atoms with van der Waals surface area (Å²) < 4.78 is 7.99. The van der Waals surface area contributed by atoms with Crippen molar-refractivity contribution in [2.75, 3.05) is 19.6 Å². The maximum atomic E-state index is 12.2. The number of aromatic nitrogens is 1. The van der Waals surface area contributed by atoms with Crippen LogP contribution in [0.3, 0.4) is 0 Å². The number of likely N-dealkylation sites (tertiary alicyclic amines) is 1. The number of halogens is 1. The molecule has 0 spiro atoms. The van der Waals surface area contributed by atoms with Crippen LogP contribution in [0.5, 0.6) is 0 Å². The maximum absolute atomic E-state index is 12.2. The van der Waals surface area contributed by atoms with Gasteiger partial charge in [-0.15, -0.1) is 0 Å². The van der Waals surface area contributed by atoms with Crippen molar-refractivity contribution in [3.8, 4) is 0 Å². The van der Waals surface area contributed by atoms with Gasteiger partial charge in [0.25, 0.3) is 5.91 Å². The van der Waals surface area contributed by atoms with Gasteiger partial charge in [0.15, 0.2) is 10.4 Å². The molecule has 22 heavy (non-hydrogen) atoms. The van der Waals surface area contributed by atoms with Crippen molar-refractivity contribution in [2.45, 2.75) is 18.9 Å². The number of nitrogens with one attached hydrogen (secondary N) is 1. The molecule has 0 aromatic carbocycles. The van der Waals surface area contributed by atoms with E-state index in [2.05, 4.69) is 36.8 Å². The highest BCUT2D eigenvalue weighted by molar-refractivity contribution is 9.10. The number of rotatable bonds is 5. The van der Waals surface area contributed by atoms with E-state index in [9.17, 15) is 4.79 Å². The Morgan fingerprint density at radius 2 is 2.14 bits per heavy atom. The Morgan fingerprint density at radius 3 is 2.73 bits per heavy atom. The molecule has 1 aliphatic rings. The molecular formula is C16H20BrN3O2. The lowest BCUT2D eigenvalue weighted by atomic mass is 10.1. The van der Waals surface area contributed by atoms with Gasteiger partial charge in [0.05, 0.1) is 6.04 Å². The van der Waals surface area contributed by atoms with Crippen LogP contribution in [0.25, 0.3) is 0 Å². The topological polar surface area (TPSA) is 50.4 Å². The molecule has 3 rings (SSSR count). The average Bonchev–Trinajstić information content (AvgIpc) is 3.22. The maximum Gasteiger partial charge on any atom is 0.287 e. The minimum atomic E-state index is -0.177. The Bertz CT molecular complexity index is 643. The van der Waals surface area contributed by atoms with Crippen LogP contribution >= 0.6 is 15.9 Å². The number of amides is 1. The van der Waals surface area contributed by atoms with E-state index in [1.807, 2.05) is 19.3 Å². The second-order valence-corrected chi connectivity index (χ2v) is 6.40. The monoisotopic (exact) mass is 365 g/mol. The van der Waals surface area contributed by atoms with Crippen molar-refractivity contribution >= 4 is 21.8 Å². The van der Waals surface area contributed by atoms with Gasteiger partial charge in [-0.2, -0.15) is 0 Å². The quantitative estimate of drug-likeness (QED) is 0.885. The highest BCUT2D eigenvalue weighted by Gasteiger charge is 2.26. The summed E-state index contributed by atoms with van der Waals surface area (Å²) in [7, 11) is 2.05. The number of nitrogens with zero attached hydrogens (tertiary/aromatic N) is 2. The fourth-order valence-electron chi connectivity index (χ4n) is 3.01. The third kappa shape index (κ3) is 3.28. The van der Waals surface area contributed by atoms with E-state index in [0.717, 1.165) is 13.1 Å². The van der Waals surface area contributed by atoms with Gasteiger partial charge in [0.1, 0.15) is 0 Å². The number of hydrogen-bond acceptors (Lipinski definition) is 3. The van der Waals surface area contributed by atoms with Crippen molar-refractivity contribution < 1.29 is 9.21 Å². The molecule has 2 aromatic heterocycles. The van der Waals surface area contributed by atoms with Crippen LogP contribution in [0, 0.1) is 0 Å². The lowest BCUT2D eigenvalue weighted by molar-refractivity contribution is 0.0907. The zero-order chi connectivity index (χ0) is 15.5. The average molecular weight is 366 g/mol. The molecule has 0 bridgehead atoms. The van der Waals surface area contributed by atoms with Gasteiger partial charge in [-0.3, -0.25) is 9.69 Å². The second-order valence-electron chi connectivity index (χ2n) is 5.62. The van der Waals surface area contributed by atoms with Gasteiger partial charge in [-0.25, -0.2) is 0 Å². The van der Waals surface area contributed by atoms with Gasteiger partial charge >= 0.3 is 0 Å². The van der Waals surface area contributed by atoms with Crippen molar-refractivity contribution in [3.05, 3.63) is 46.6 Å². The first kappa shape index (κ1) is 15.4. The summed E-state index contributed by atoms with van der Waals surface area (Å²) in [6.45, 7) is 2.74. The molecule has 1 aliphatic heterocycles. The summed E-state index contributed by atoms with van der Waals surface area (Å²) in [5, 5.41) is 3.00. The third-order valence-electron chi connectivity index (χ3n) is 4.16. The third-order valence-corrected chi connectivity index (χ3v) is 4.59. The lowest BCUT2D eigenvalue weighted by Crippen LogP contribution is -2.37. The predicted molar refractivity (Wildman–Crippen MR) is 87.7 cm³/mol. The minimum absolute atomic E-state index is 0.177. The van der Waals surface area contributed by atoms with E-state index in [1.54, 1.807) is 12.1 Å². The number of carbonyl (C=O) groups excluding carboxylic acids is 1. The molecule has 1 amide bonds. The van der Waals surface area contributed by atoms with E-state index in [4.69, 9.17) is 4.42 Å². The van der Waals surface area contributed by atoms with Gasteiger partial charge in [-0.1, -0.05) is 0 Å². The first-order valence-corrected chi connectivity index (χ1v) is 8.33. The second kappa shape index (κ2) is 6.71. The van der Waals surface area contributed by atoms with E-state index in [-0.39, 0.29) is 11.9 Å². The zero-order valence-corrected chi connectivity index (χ0v) is 14.2. The number of hydrogen-bond donors (Lipinski definition) is 1. The Kier molecular flexibility index (Phi) is 4.69. The molecule has 3 heterocycles. The van der Waals surface area contributed by atoms with Gasteiger partial charge in [0, 0.05) is 25.5 Å². The number of carbonyl (C=O) groups is 1. The highest BCUT2D eigenvalue weighted by Crippen LogP contribution is 2.25. The first-order valence-electron chi connectivity index (χ1n) is 7.54. The molecule has 1 N–H and O–H groups in total. The highest BCUT2D eigenvalue weighted by atomic mass is 79.9.